The van der Waals surface area contributed by atoms with Crippen LogP contribution in [-0.2, 0) is 4.74 Å². The number of β-amino-alcohol motifs (C(OH)–C–C–N with tert-alkyl or cyclic N) is 1. The number of hydrogen-bond donors (Lipinski definition) is 1. The first kappa shape index (κ1) is 18.4. The van der Waals surface area contributed by atoms with E-state index in [0.717, 1.165) is 51.4 Å². The van der Waals surface area contributed by atoms with E-state index in [1.807, 2.05) is 0 Å². The van der Waals surface area contributed by atoms with Crippen molar-refractivity contribution in [1.82, 2.24) is 9.80 Å². The number of piperazine rings is 1. The molecule has 1 aliphatic rings. The highest BCUT2D eigenvalue weighted by Crippen LogP contribution is 2.20. The molecule has 0 saturated carbocycles. The number of benzene rings is 1. The van der Waals surface area contributed by atoms with E-state index >= 15 is 0 Å². The summed E-state index contributed by atoms with van der Waals surface area (Å²) in [5.74, 6) is 0. The maximum atomic E-state index is 10.6. The Morgan fingerprint density at radius 1 is 1.09 bits per heavy atom. The Balaban J connectivity index is 1.76. The van der Waals surface area contributed by atoms with Crippen LogP contribution in [0.25, 0.3) is 0 Å². The van der Waals surface area contributed by atoms with E-state index in [-0.39, 0.29) is 0 Å². The molecular formula is C19H32N2O2. The molecule has 1 aliphatic heterocycles. The van der Waals surface area contributed by atoms with Crippen LogP contribution in [-0.4, -0.2) is 66.9 Å². The number of aliphatic hydroxyl groups excluding tert-OH is 1. The van der Waals surface area contributed by atoms with Crippen LogP contribution in [0.15, 0.2) is 18.2 Å². The van der Waals surface area contributed by atoms with E-state index in [1.165, 1.54) is 11.1 Å². The van der Waals surface area contributed by atoms with Gasteiger partial charge in [0, 0.05) is 39.3 Å². The monoisotopic (exact) mass is 320 g/mol. The number of aliphatic hydroxyl groups is 1. The van der Waals surface area contributed by atoms with E-state index in [2.05, 4.69) is 55.7 Å². The lowest BCUT2D eigenvalue weighted by atomic mass is 10.0. The highest BCUT2D eigenvalue weighted by molar-refractivity contribution is 5.32. The summed E-state index contributed by atoms with van der Waals surface area (Å²) in [6.07, 6.45) is -0.0882. The fourth-order valence-electron chi connectivity index (χ4n) is 3.07. The summed E-state index contributed by atoms with van der Waals surface area (Å²) in [6.45, 7) is 15.0. The van der Waals surface area contributed by atoms with Crippen molar-refractivity contribution in [3.05, 3.63) is 34.9 Å². The molecule has 130 valence electrons. The third-order valence-electron chi connectivity index (χ3n) is 4.55. The van der Waals surface area contributed by atoms with Crippen molar-refractivity contribution in [3.8, 4) is 0 Å². The lowest BCUT2D eigenvalue weighted by molar-refractivity contribution is 0.0347. The molecule has 23 heavy (non-hydrogen) atoms. The van der Waals surface area contributed by atoms with Crippen molar-refractivity contribution in [2.24, 2.45) is 0 Å². The molecule has 1 atom stereocenters. The zero-order valence-corrected chi connectivity index (χ0v) is 15.1. The summed E-state index contributed by atoms with van der Waals surface area (Å²) in [4.78, 5) is 4.81. The molecule has 1 saturated heterocycles. The molecular weight excluding hydrogens is 288 g/mol. The summed E-state index contributed by atoms with van der Waals surface area (Å²) in [7, 11) is 0. The second-order valence-electron chi connectivity index (χ2n) is 6.94. The zero-order valence-electron chi connectivity index (χ0n) is 15.1. The van der Waals surface area contributed by atoms with Crippen LogP contribution >= 0.6 is 0 Å². The van der Waals surface area contributed by atoms with Gasteiger partial charge in [-0.1, -0.05) is 23.8 Å². The minimum Gasteiger partial charge on any atom is -0.387 e. The van der Waals surface area contributed by atoms with Crippen LogP contribution in [0.3, 0.4) is 0 Å². The minimum atomic E-state index is -0.397. The van der Waals surface area contributed by atoms with Gasteiger partial charge in [-0.25, -0.2) is 0 Å². The molecule has 1 aromatic carbocycles. The van der Waals surface area contributed by atoms with Crippen molar-refractivity contribution < 1.29 is 9.84 Å². The minimum absolute atomic E-state index is 0.309. The van der Waals surface area contributed by atoms with Crippen molar-refractivity contribution in [2.45, 2.75) is 39.9 Å². The first-order valence-corrected chi connectivity index (χ1v) is 8.77. The van der Waals surface area contributed by atoms with Crippen molar-refractivity contribution in [2.75, 3.05) is 45.9 Å². The Labute approximate surface area is 141 Å². The molecule has 1 heterocycles. The fraction of sp³-hybridized carbons (Fsp3) is 0.684. The Hall–Kier alpha value is -0.940. The van der Waals surface area contributed by atoms with Crippen LogP contribution in [0, 0.1) is 13.8 Å². The second kappa shape index (κ2) is 8.78. The molecule has 0 radical (unpaired) electrons. The molecule has 0 bridgehead atoms. The predicted molar refractivity (Wildman–Crippen MR) is 94.8 cm³/mol. The Bertz CT molecular complexity index is 482. The normalized spacial score (nSPS) is 18.5. The molecule has 1 fully saturated rings. The van der Waals surface area contributed by atoms with Gasteiger partial charge in [-0.15, -0.1) is 0 Å². The van der Waals surface area contributed by atoms with Gasteiger partial charge in [0.1, 0.15) is 0 Å². The van der Waals surface area contributed by atoms with Crippen LogP contribution in [0.4, 0.5) is 0 Å². The topological polar surface area (TPSA) is 35.9 Å². The third kappa shape index (κ3) is 5.88. The smallest absolute Gasteiger partial charge is 0.0919 e. The highest BCUT2D eigenvalue weighted by Gasteiger charge is 2.20. The Morgan fingerprint density at radius 3 is 2.39 bits per heavy atom. The lowest BCUT2D eigenvalue weighted by Crippen LogP contribution is -2.48. The van der Waals surface area contributed by atoms with Crippen LogP contribution in [0.1, 0.15) is 36.6 Å². The molecule has 4 nitrogen and oxygen atoms in total. The lowest BCUT2D eigenvalue weighted by Gasteiger charge is -2.35. The van der Waals surface area contributed by atoms with Gasteiger partial charge in [-0.3, -0.25) is 9.80 Å². The van der Waals surface area contributed by atoms with E-state index in [9.17, 15) is 5.11 Å². The molecule has 0 aliphatic carbocycles. The quantitative estimate of drug-likeness (QED) is 0.837. The van der Waals surface area contributed by atoms with Gasteiger partial charge in [0.2, 0.25) is 0 Å². The molecule has 0 spiro atoms. The number of ether oxygens (including phenoxy) is 1. The third-order valence-corrected chi connectivity index (χ3v) is 4.55. The number of aryl methyl sites for hydroxylation is 2. The summed E-state index contributed by atoms with van der Waals surface area (Å²) in [5, 5.41) is 10.6. The van der Waals surface area contributed by atoms with E-state index in [4.69, 9.17) is 4.74 Å². The highest BCUT2D eigenvalue weighted by atomic mass is 16.5. The van der Waals surface area contributed by atoms with Crippen LogP contribution in [0.2, 0.25) is 0 Å². The van der Waals surface area contributed by atoms with E-state index < -0.39 is 6.10 Å². The van der Waals surface area contributed by atoms with Crippen molar-refractivity contribution in [3.63, 3.8) is 0 Å². The first-order valence-electron chi connectivity index (χ1n) is 8.77. The summed E-state index contributed by atoms with van der Waals surface area (Å²) in [5.41, 5.74) is 3.45. The molecule has 1 N–H and O–H groups in total. The standard InChI is InChI=1S/C19H32N2O2/c1-15(2)23-12-11-20-7-9-21(10-8-20)14-19(22)18-13-16(3)5-6-17(18)4/h5-6,13,15,19,22H,7-12,14H2,1-4H3. The van der Waals surface area contributed by atoms with Gasteiger partial charge in [0.05, 0.1) is 18.8 Å². The Morgan fingerprint density at radius 2 is 1.74 bits per heavy atom. The molecule has 1 unspecified atom stereocenters. The van der Waals surface area contributed by atoms with E-state index in [1.54, 1.807) is 0 Å². The summed E-state index contributed by atoms with van der Waals surface area (Å²) < 4.78 is 5.62. The number of nitrogens with zero attached hydrogens (tertiary/aromatic N) is 2. The zero-order chi connectivity index (χ0) is 16.8. The number of rotatable bonds is 7. The van der Waals surface area contributed by atoms with Crippen molar-refractivity contribution >= 4 is 0 Å². The number of hydrogen-bond acceptors (Lipinski definition) is 4. The maximum absolute atomic E-state index is 10.6. The maximum Gasteiger partial charge on any atom is 0.0919 e. The largest absolute Gasteiger partial charge is 0.387 e. The van der Waals surface area contributed by atoms with Gasteiger partial charge < -0.3 is 9.84 Å². The van der Waals surface area contributed by atoms with Gasteiger partial charge >= 0.3 is 0 Å². The van der Waals surface area contributed by atoms with Gasteiger partial charge in [-0.05, 0) is 38.8 Å². The van der Waals surface area contributed by atoms with Crippen molar-refractivity contribution in [1.29, 1.82) is 0 Å². The molecule has 1 aromatic rings. The van der Waals surface area contributed by atoms with Gasteiger partial charge in [0.15, 0.2) is 0 Å². The van der Waals surface area contributed by atoms with E-state index in [0.29, 0.717) is 6.10 Å². The SMILES string of the molecule is Cc1ccc(C)c(C(O)CN2CCN(CCOC(C)C)CC2)c1. The summed E-state index contributed by atoms with van der Waals surface area (Å²) in [6, 6.07) is 6.31. The average Bonchev–Trinajstić information content (AvgIpc) is 2.51. The first-order chi connectivity index (χ1) is 11.0. The molecule has 4 heteroatoms. The van der Waals surface area contributed by atoms with Gasteiger partial charge in [0.25, 0.3) is 0 Å². The molecule has 0 amide bonds. The summed E-state index contributed by atoms with van der Waals surface area (Å²) >= 11 is 0. The van der Waals surface area contributed by atoms with Crippen LogP contribution in [0.5, 0.6) is 0 Å². The Kier molecular flexibility index (Phi) is 7.03. The predicted octanol–water partition coefficient (Wildman–Crippen LogP) is 2.38. The van der Waals surface area contributed by atoms with Crippen LogP contribution < -0.4 is 0 Å². The molecule has 0 aromatic heterocycles. The fourth-order valence-corrected chi connectivity index (χ4v) is 3.07. The molecule has 2 rings (SSSR count). The van der Waals surface area contributed by atoms with Gasteiger partial charge in [-0.2, -0.15) is 0 Å². The average molecular weight is 320 g/mol. The second-order valence-corrected chi connectivity index (χ2v) is 6.94.